The number of methoxy groups -OCH3 is 2. The van der Waals surface area contributed by atoms with Crippen molar-refractivity contribution < 1.29 is 47.2 Å². The highest BCUT2D eigenvalue weighted by atomic mass is 28.4. The van der Waals surface area contributed by atoms with Crippen molar-refractivity contribution in [2.45, 2.75) is 129 Å². The summed E-state index contributed by atoms with van der Waals surface area (Å²) in [7, 11) is 0.391. The molecule has 1 aromatic rings. The number of esters is 2. The Morgan fingerprint density at radius 3 is 2.33 bits per heavy atom. The molecule has 1 aromatic carbocycles. The maximum atomic E-state index is 13.3. The molecule has 290 valence electrons. The lowest BCUT2D eigenvalue weighted by atomic mass is 9.74. The van der Waals surface area contributed by atoms with Gasteiger partial charge in [-0.3, -0.25) is 4.79 Å². The van der Waals surface area contributed by atoms with Crippen molar-refractivity contribution >= 4 is 26.5 Å². The predicted octanol–water partition coefficient (Wildman–Crippen LogP) is 8.18. The highest BCUT2D eigenvalue weighted by molar-refractivity contribution is 6.74. The maximum Gasteiger partial charge on any atom is 0.331 e. The molecule has 1 aliphatic heterocycles. The molecular weight excluding hydrogens is 681 g/mol. The summed E-state index contributed by atoms with van der Waals surface area (Å²) < 4.78 is 43.4. The molecule has 0 radical (unpaired) electrons. The predicted molar refractivity (Wildman–Crippen MR) is 205 cm³/mol. The molecule has 10 nitrogen and oxygen atoms in total. The summed E-state index contributed by atoms with van der Waals surface area (Å²) in [5.74, 6) is -2.96. The first-order valence-corrected chi connectivity index (χ1v) is 21.0. The van der Waals surface area contributed by atoms with E-state index in [1.54, 1.807) is 18.2 Å². The lowest BCUT2D eigenvalue weighted by Crippen LogP contribution is -2.63. The van der Waals surface area contributed by atoms with Gasteiger partial charge in [-0.1, -0.05) is 103 Å². The van der Waals surface area contributed by atoms with Gasteiger partial charge in [-0.25, -0.2) is 9.59 Å². The van der Waals surface area contributed by atoms with Gasteiger partial charge in [0.2, 0.25) is 5.79 Å². The smallest absolute Gasteiger partial charge is 0.331 e. The van der Waals surface area contributed by atoms with E-state index in [0.717, 1.165) is 18.4 Å². The normalized spacial score (nSPS) is 22.2. The minimum Gasteiger partial charge on any atom is -0.466 e. The Morgan fingerprint density at radius 2 is 1.73 bits per heavy atom. The summed E-state index contributed by atoms with van der Waals surface area (Å²) in [6, 6.07) is 9.86. The summed E-state index contributed by atoms with van der Waals surface area (Å²) in [5.41, 5.74) is 0.413. The van der Waals surface area contributed by atoms with E-state index in [1.165, 1.54) is 32.4 Å². The quantitative estimate of drug-likeness (QED) is 0.0246. The summed E-state index contributed by atoms with van der Waals surface area (Å²) in [6.45, 7) is 19.0. The van der Waals surface area contributed by atoms with Crippen LogP contribution in [0.1, 0.15) is 79.7 Å². The molecule has 0 spiro atoms. The van der Waals surface area contributed by atoms with Crippen LogP contribution in [0.5, 0.6) is 0 Å². The van der Waals surface area contributed by atoms with Crippen LogP contribution >= 0.6 is 0 Å². The molecule has 1 aliphatic rings. The van der Waals surface area contributed by atoms with Crippen LogP contribution in [0.4, 0.5) is 0 Å². The van der Waals surface area contributed by atoms with Gasteiger partial charge >= 0.3 is 11.9 Å². The monoisotopic (exact) mass is 742 g/mol. The van der Waals surface area contributed by atoms with Gasteiger partial charge in [-0.15, -0.1) is 0 Å². The summed E-state index contributed by atoms with van der Waals surface area (Å²) in [5, 5.41) is -0.103. The van der Waals surface area contributed by atoms with Crippen LogP contribution in [0.15, 0.2) is 78.4 Å². The average Bonchev–Trinajstić information content (AvgIpc) is 3.09. The average molecular weight is 743 g/mol. The highest BCUT2D eigenvalue weighted by Crippen LogP contribution is 2.49. The zero-order valence-corrected chi connectivity index (χ0v) is 34.1. The van der Waals surface area contributed by atoms with E-state index in [0.29, 0.717) is 24.9 Å². The van der Waals surface area contributed by atoms with Crippen LogP contribution in [0.2, 0.25) is 18.1 Å². The Bertz CT molecular complexity index is 1390. The fraction of sp³-hybridized carbons (Fsp3) is 0.585. The van der Waals surface area contributed by atoms with Crippen molar-refractivity contribution in [1.82, 2.24) is 0 Å². The Morgan fingerprint density at radius 1 is 1.04 bits per heavy atom. The molecule has 1 heterocycles. The molecular formula is C41H62O10Si. The molecule has 0 N–H and O–H groups in total. The summed E-state index contributed by atoms with van der Waals surface area (Å²) in [6.07, 6.45) is 11.4. The van der Waals surface area contributed by atoms with Gasteiger partial charge in [0.25, 0.3) is 0 Å². The zero-order valence-electron chi connectivity index (χ0n) is 33.1. The van der Waals surface area contributed by atoms with Crippen LogP contribution in [-0.2, 0) is 53.8 Å². The van der Waals surface area contributed by atoms with Crippen molar-refractivity contribution in [3.63, 3.8) is 0 Å². The van der Waals surface area contributed by atoms with Gasteiger partial charge in [0, 0.05) is 31.1 Å². The Balaban J connectivity index is 2.57. The number of allylic oxidation sites excluding steroid dienone is 4. The van der Waals surface area contributed by atoms with Crippen molar-refractivity contribution in [3.8, 4) is 0 Å². The van der Waals surface area contributed by atoms with Crippen LogP contribution in [0.3, 0.4) is 0 Å². The van der Waals surface area contributed by atoms with Crippen LogP contribution in [0, 0.1) is 5.41 Å². The molecule has 1 fully saturated rings. The van der Waals surface area contributed by atoms with E-state index < -0.39 is 55.9 Å². The van der Waals surface area contributed by atoms with E-state index in [2.05, 4.69) is 40.8 Å². The number of carbonyl (C=O) groups excluding carboxylic acids is 3. The van der Waals surface area contributed by atoms with Crippen LogP contribution in [0.25, 0.3) is 0 Å². The maximum absolute atomic E-state index is 13.3. The molecule has 0 saturated carbocycles. The van der Waals surface area contributed by atoms with Crippen molar-refractivity contribution in [3.05, 3.63) is 84.0 Å². The van der Waals surface area contributed by atoms with E-state index in [9.17, 15) is 14.4 Å². The van der Waals surface area contributed by atoms with E-state index in [-0.39, 0.29) is 18.3 Å². The van der Waals surface area contributed by atoms with Gasteiger partial charge in [0.1, 0.15) is 13.1 Å². The fourth-order valence-electron chi connectivity index (χ4n) is 5.68. The van der Waals surface area contributed by atoms with Crippen molar-refractivity contribution in [2.75, 3.05) is 21.0 Å². The Kier molecular flexibility index (Phi) is 18.1. The number of unbranched alkanes of at least 4 members (excludes halogenated alkanes) is 1. The first-order valence-electron chi connectivity index (χ1n) is 18.1. The van der Waals surface area contributed by atoms with Gasteiger partial charge in [0.15, 0.2) is 14.4 Å². The third-order valence-electron chi connectivity index (χ3n) is 9.75. The zero-order chi connectivity index (χ0) is 39.0. The molecule has 52 heavy (non-hydrogen) atoms. The lowest BCUT2D eigenvalue weighted by molar-refractivity contribution is -0.338. The fourth-order valence-corrected chi connectivity index (χ4v) is 7.07. The number of carbonyl (C=O) groups is 3. The largest absolute Gasteiger partial charge is 0.466 e. The van der Waals surface area contributed by atoms with E-state index in [4.69, 9.17) is 32.8 Å². The molecule has 5 atom stereocenters. The van der Waals surface area contributed by atoms with Gasteiger partial charge in [0.05, 0.1) is 32.0 Å². The first kappa shape index (κ1) is 45.0. The number of aldehydes is 1. The van der Waals surface area contributed by atoms with Crippen LogP contribution in [-0.4, -0.2) is 77.8 Å². The second-order valence-electron chi connectivity index (χ2n) is 15.1. The number of rotatable bonds is 20. The SMILES string of the molecule is CCCC=CC=CC(=O)O[C@H]1C(=CC(=O)OC)C[C@@H](C[C@@H](O[Si](C)(C)C(C)(C)C)[C@@H](C)OCOCc2ccccc2)O[C@@]1(OC)C(C)(C)C=CC=O. The number of hydrogen-bond donors (Lipinski definition) is 0. The molecule has 0 amide bonds. The Hall–Kier alpha value is -3.19. The number of benzene rings is 1. The number of hydrogen-bond acceptors (Lipinski definition) is 10. The first-order chi connectivity index (χ1) is 24.5. The molecule has 1 saturated heterocycles. The summed E-state index contributed by atoms with van der Waals surface area (Å²) in [4.78, 5) is 37.7. The second-order valence-corrected chi connectivity index (χ2v) is 19.9. The van der Waals surface area contributed by atoms with Crippen molar-refractivity contribution in [2.24, 2.45) is 5.41 Å². The van der Waals surface area contributed by atoms with Gasteiger partial charge < -0.3 is 32.8 Å². The number of ether oxygens (including phenoxy) is 6. The lowest BCUT2D eigenvalue weighted by Gasteiger charge is -2.53. The molecule has 0 aliphatic carbocycles. The molecule has 0 bridgehead atoms. The topological polar surface area (TPSA) is 116 Å². The molecule has 11 heteroatoms. The van der Waals surface area contributed by atoms with E-state index >= 15 is 0 Å². The molecule has 2 rings (SSSR count). The Labute approximate surface area is 312 Å². The highest BCUT2D eigenvalue weighted by Gasteiger charge is 2.59. The van der Waals surface area contributed by atoms with E-state index in [1.807, 2.05) is 57.2 Å². The minimum atomic E-state index is -2.35. The molecule has 0 aromatic heterocycles. The molecule has 0 unspecified atom stereocenters. The van der Waals surface area contributed by atoms with Crippen molar-refractivity contribution in [1.29, 1.82) is 0 Å². The summed E-state index contributed by atoms with van der Waals surface area (Å²) >= 11 is 0. The second kappa shape index (κ2) is 20.9. The van der Waals surface area contributed by atoms with Crippen LogP contribution < -0.4 is 0 Å². The van der Waals surface area contributed by atoms with Gasteiger partial charge in [-0.2, -0.15) is 0 Å². The standard InChI is InChI=1S/C41H62O10Si/c1-12-13-14-15-19-23-36(43)49-38-33(27-37(44)45-8)26-34(50-41(38,46-9)40(6,7)24-20-25-42)28-35(51-52(10,11)39(3,4)5)31(2)48-30-47-29-32-21-17-16-18-22-32/h14-25,27,31,34-35,38H,12-13,26,28-30H2,1-11H3/t31-,34+,35-,38+,41-/m1/s1. The van der Waals surface area contributed by atoms with Gasteiger partial charge in [-0.05, 0) is 55.1 Å². The minimum absolute atomic E-state index is 0.0527. The third kappa shape index (κ3) is 13.0. The third-order valence-corrected chi connectivity index (χ3v) is 14.3.